The van der Waals surface area contributed by atoms with Crippen molar-refractivity contribution in [2.24, 2.45) is 5.14 Å². The first-order valence-corrected chi connectivity index (χ1v) is 7.09. The molecule has 8 heteroatoms. The number of hydrogen-bond acceptors (Lipinski definition) is 4. The minimum absolute atomic E-state index is 0.0236. The van der Waals surface area contributed by atoms with Crippen LogP contribution in [-0.2, 0) is 19.6 Å². The highest BCUT2D eigenvalue weighted by molar-refractivity contribution is 7.89. The van der Waals surface area contributed by atoms with Crippen molar-refractivity contribution >= 4 is 21.8 Å². The van der Waals surface area contributed by atoms with Crippen LogP contribution in [0.15, 0.2) is 0 Å². The first-order valence-electron chi connectivity index (χ1n) is 5.48. The van der Waals surface area contributed by atoms with Crippen molar-refractivity contribution in [1.82, 2.24) is 10.2 Å². The molecule has 2 aliphatic rings. The molecule has 0 aromatic rings. The highest BCUT2D eigenvalue weighted by Crippen LogP contribution is 2.22. The Labute approximate surface area is 99.4 Å². The predicted molar refractivity (Wildman–Crippen MR) is 59.3 cm³/mol. The molecule has 17 heavy (non-hydrogen) atoms. The van der Waals surface area contributed by atoms with Gasteiger partial charge >= 0.3 is 0 Å². The lowest BCUT2D eigenvalue weighted by Gasteiger charge is -2.30. The van der Waals surface area contributed by atoms with Gasteiger partial charge in [0.15, 0.2) is 0 Å². The number of likely N-dealkylation sites (tertiary alicyclic amines) is 1. The van der Waals surface area contributed by atoms with E-state index in [2.05, 4.69) is 5.32 Å². The first-order chi connectivity index (χ1) is 7.89. The molecular formula is C9H15N3O4S. The number of piperidine rings is 1. The normalized spacial score (nSPS) is 30.5. The van der Waals surface area contributed by atoms with Crippen LogP contribution >= 0.6 is 0 Å². The Balaban J connectivity index is 2.12. The topological polar surface area (TPSA) is 110 Å². The van der Waals surface area contributed by atoms with E-state index in [-0.39, 0.29) is 24.8 Å². The number of amides is 2. The second kappa shape index (κ2) is 4.26. The third-order valence-electron chi connectivity index (χ3n) is 3.22. The number of nitrogens with one attached hydrogen (secondary N) is 1. The summed E-state index contributed by atoms with van der Waals surface area (Å²) < 4.78 is 22.4. The van der Waals surface area contributed by atoms with Gasteiger partial charge in [-0.25, -0.2) is 13.6 Å². The molecule has 96 valence electrons. The molecule has 2 atom stereocenters. The molecule has 2 aliphatic heterocycles. The third kappa shape index (κ3) is 2.42. The van der Waals surface area contributed by atoms with Gasteiger partial charge in [-0.05, 0) is 12.8 Å². The molecule has 0 saturated carbocycles. The Morgan fingerprint density at radius 1 is 1.35 bits per heavy atom. The number of carbonyl (C=O) groups is 2. The Kier molecular flexibility index (Phi) is 3.09. The average molecular weight is 261 g/mol. The van der Waals surface area contributed by atoms with E-state index in [0.29, 0.717) is 13.0 Å². The number of nitrogens with two attached hydrogens (primary N) is 1. The quantitative estimate of drug-likeness (QED) is 0.608. The molecular weight excluding hydrogens is 246 g/mol. The number of primary sulfonamides is 1. The summed E-state index contributed by atoms with van der Waals surface area (Å²) >= 11 is 0. The van der Waals surface area contributed by atoms with Crippen molar-refractivity contribution < 1.29 is 18.0 Å². The summed E-state index contributed by atoms with van der Waals surface area (Å²) in [5.41, 5.74) is 0. The van der Waals surface area contributed by atoms with Crippen LogP contribution in [-0.4, -0.2) is 49.5 Å². The number of nitrogens with zero attached hydrogens (tertiary/aromatic N) is 1. The van der Waals surface area contributed by atoms with Crippen LogP contribution < -0.4 is 10.5 Å². The molecule has 0 radical (unpaired) electrons. The molecule has 0 aliphatic carbocycles. The maximum Gasteiger partial charge on any atom is 0.242 e. The molecule has 0 aromatic carbocycles. The van der Waals surface area contributed by atoms with Gasteiger partial charge in [-0.15, -0.1) is 0 Å². The summed E-state index contributed by atoms with van der Waals surface area (Å²) in [6.45, 7) is 0.631. The molecule has 3 N–H and O–H groups in total. The van der Waals surface area contributed by atoms with Gasteiger partial charge in [0.2, 0.25) is 21.8 Å². The standard InChI is InChI=1S/C9H15N3O4S/c10-17(15,16)6-4-8(13)12(5-6)7-2-1-3-11-9(7)14/h6-7H,1-5H2,(H,11,14)(H2,10,15,16). The zero-order valence-electron chi connectivity index (χ0n) is 9.26. The second-order valence-corrected chi connectivity index (χ2v) is 6.26. The van der Waals surface area contributed by atoms with Gasteiger partial charge < -0.3 is 10.2 Å². The Morgan fingerprint density at radius 2 is 2.06 bits per heavy atom. The van der Waals surface area contributed by atoms with E-state index in [4.69, 9.17) is 5.14 Å². The van der Waals surface area contributed by atoms with E-state index in [1.807, 2.05) is 0 Å². The van der Waals surface area contributed by atoms with E-state index in [1.165, 1.54) is 4.90 Å². The van der Waals surface area contributed by atoms with Gasteiger partial charge in [0, 0.05) is 19.5 Å². The van der Waals surface area contributed by atoms with E-state index >= 15 is 0 Å². The minimum atomic E-state index is -3.72. The molecule has 2 heterocycles. The van der Waals surface area contributed by atoms with Gasteiger partial charge in [-0.3, -0.25) is 9.59 Å². The first kappa shape index (κ1) is 12.3. The number of carbonyl (C=O) groups excluding carboxylic acids is 2. The molecule has 7 nitrogen and oxygen atoms in total. The lowest BCUT2D eigenvalue weighted by molar-refractivity contribution is -0.138. The second-order valence-electron chi connectivity index (χ2n) is 4.41. The van der Waals surface area contributed by atoms with Gasteiger partial charge in [0.1, 0.15) is 11.3 Å². The summed E-state index contributed by atoms with van der Waals surface area (Å²) in [5.74, 6) is -0.522. The Bertz CT molecular complexity index is 447. The molecule has 2 unspecified atom stereocenters. The van der Waals surface area contributed by atoms with Gasteiger partial charge in [0.25, 0.3) is 0 Å². The third-order valence-corrected chi connectivity index (χ3v) is 4.46. The highest BCUT2D eigenvalue weighted by Gasteiger charge is 2.42. The minimum Gasteiger partial charge on any atom is -0.354 e. The highest BCUT2D eigenvalue weighted by atomic mass is 32.2. The summed E-state index contributed by atoms with van der Waals surface area (Å²) in [4.78, 5) is 24.6. The van der Waals surface area contributed by atoms with Crippen molar-refractivity contribution in [3.8, 4) is 0 Å². The maximum atomic E-state index is 11.7. The molecule has 2 amide bonds. The van der Waals surface area contributed by atoms with Crippen LogP contribution in [0.25, 0.3) is 0 Å². The number of rotatable bonds is 2. The lowest BCUT2D eigenvalue weighted by Crippen LogP contribution is -2.51. The molecule has 0 bridgehead atoms. The van der Waals surface area contributed by atoms with E-state index in [9.17, 15) is 18.0 Å². The smallest absolute Gasteiger partial charge is 0.242 e. The van der Waals surface area contributed by atoms with Crippen LogP contribution in [0.5, 0.6) is 0 Å². The SMILES string of the molecule is NS(=O)(=O)C1CC(=O)N(C2CCCNC2=O)C1. The van der Waals surface area contributed by atoms with E-state index in [0.717, 1.165) is 6.42 Å². The van der Waals surface area contributed by atoms with Gasteiger partial charge in [-0.1, -0.05) is 0 Å². The summed E-state index contributed by atoms with van der Waals surface area (Å²) in [7, 11) is -3.72. The van der Waals surface area contributed by atoms with E-state index in [1.54, 1.807) is 0 Å². The molecule has 2 fully saturated rings. The van der Waals surface area contributed by atoms with Crippen LogP contribution in [0.1, 0.15) is 19.3 Å². The number of sulfonamides is 1. The van der Waals surface area contributed by atoms with Crippen molar-refractivity contribution in [2.75, 3.05) is 13.1 Å². The summed E-state index contributed by atoms with van der Waals surface area (Å²) in [5, 5.41) is 6.81. The molecule has 0 aromatic heterocycles. The zero-order chi connectivity index (χ0) is 12.6. The molecule has 0 spiro atoms. The molecule has 2 rings (SSSR count). The fourth-order valence-electron chi connectivity index (χ4n) is 2.27. The monoisotopic (exact) mass is 261 g/mol. The van der Waals surface area contributed by atoms with Gasteiger partial charge in [-0.2, -0.15) is 0 Å². The van der Waals surface area contributed by atoms with E-state index < -0.39 is 21.3 Å². The average Bonchev–Trinajstić information content (AvgIpc) is 2.61. The fourth-order valence-corrected chi connectivity index (χ4v) is 3.02. The van der Waals surface area contributed by atoms with Crippen LogP contribution in [0.4, 0.5) is 0 Å². The predicted octanol–water partition coefficient (Wildman–Crippen LogP) is -1.85. The van der Waals surface area contributed by atoms with Crippen LogP contribution in [0.3, 0.4) is 0 Å². The van der Waals surface area contributed by atoms with Gasteiger partial charge in [0.05, 0.1) is 0 Å². The summed E-state index contributed by atoms with van der Waals surface area (Å²) in [6, 6.07) is -0.539. The lowest BCUT2D eigenvalue weighted by atomic mass is 10.1. The maximum absolute atomic E-state index is 11.7. The van der Waals surface area contributed by atoms with Crippen molar-refractivity contribution in [3.63, 3.8) is 0 Å². The number of hydrogen-bond donors (Lipinski definition) is 2. The van der Waals surface area contributed by atoms with Crippen LogP contribution in [0, 0.1) is 0 Å². The largest absolute Gasteiger partial charge is 0.354 e. The zero-order valence-corrected chi connectivity index (χ0v) is 10.1. The van der Waals surface area contributed by atoms with Crippen molar-refractivity contribution in [2.45, 2.75) is 30.6 Å². The molecule has 2 saturated heterocycles. The van der Waals surface area contributed by atoms with Crippen LogP contribution in [0.2, 0.25) is 0 Å². The Morgan fingerprint density at radius 3 is 2.59 bits per heavy atom. The van der Waals surface area contributed by atoms with Crippen molar-refractivity contribution in [3.05, 3.63) is 0 Å². The summed E-state index contributed by atoms with van der Waals surface area (Å²) in [6.07, 6.45) is 1.25. The fraction of sp³-hybridized carbons (Fsp3) is 0.778. The van der Waals surface area contributed by atoms with Crippen molar-refractivity contribution in [1.29, 1.82) is 0 Å². The Hall–Kier alpha value is -1.15.